The number of esters is 1. The van der Waals surface area contributed by atoms with Crippen LogP contribution in [0.5, 0.6) is 0 Å². The van der Waals surface area contributed by atoms with Crippen molar-refractivity contribution in [1.82, 2.24) is 4.98 Å². The number of benzene rings is 2. The van der Waals surface area contributed by atoms with Crippen LogP contribution in [0.1, 0.15) is 45.6 Å². The molecular formula is C22H21NO2. The van der Waals surface area contributed by atoms with Gasteiger partial charge in [-0.2, -0.15) is 0 Å². The second-order valence-electron chi connectivity index (χ2n) is 6.64. The van der Waals surface area contributed by atoms with Crippen molar-refractivity contribution in [3.05, 3.63) is 76.5 Å². The van der Waals surface area contributed by atoms with Crippen LogP contribution in [0, 0.1) is 6.92 Å². The molecule has 0 unspecified atom stereocenters. The van der Waals surface area contributed by atoms with E-state index in [0.29, 0.717) is 12.2 Å². The highest BCUT2D eigenvalue weighted by Crippen LogP contribution is 2.30. The third-order valence-corrected chi connectivity index (χ3v) is 4.99. The molecule has 2 aromatic carbocycles. The molecule has 3 aromatic rings. The number of carbonyl (C=O) groups is 1. The Labute approximate surface area is 147 Å². The molecule has 25 heavy (non-hydrogen) atoms. The molecule has 3 nitrogen and oxygen atoms in total. The summed E-state index contributed by atoms with van der Waals surface area (Å²) in [5, 5.41) is 0.901. The zero-order chi connectivity index (χ0) is 17.2. The zero-order valence-corrected chi connectivity index (χ0v) is 14.4. The van der Waals surface area contributed by atoms with Gasteiger partial charge in [-0.25, -0.2) is 4.79 Å². The number of rotatable bonds is 3. The minimum atomic E-state index is -0.236. The Kier molecular flexibility index (Phi) is 4.22. The summed E-state index contributed by atoms with van der Waals surface area (Å²) < 4.78 is 5.70. The first-order valence-corrected chi connectivity index (χ1v) is 8.86. The molecule has 0 bridgehead atoms. The van der Waals surface area contributed by atoms with Crippen LogP contribution in [-0.2, 0) is 24.2 Å². The summed E-state index contributed by atoms with van der Waals surface area (Å²) in [6.45, 7) is 2.34. The lowest BCUT2D eigenvalue weighted by atomic mass is 9.90. The third-order valence-electron chi connectivity index (χ3n) is 4.99. The number of nitrogens with zero attached hydrogens (tertiary/aromatic N) is 1. The van der Waals surface area contributed by atoms with Gasteiger partial charge in [0.25, 0.3) is 0 Å². The SMILES string of the molecule is Cc1ccccc1COC(=O)c1c2c(nc3ccccc13)CCCC2. The summed E-state index contributed by atoms with van der Waals surface area (Å²) in [5.74, 6) is -0.236. The van der Waals surface area contributed by atoms with Gasteiger partial charge < -0.3 is 4.74 Å². The maximum absolute atomic E-state index is 13.0. The Bertz CT molecular complexity index is 946. The van der Waals surface area contributed by atoms with E-state index in [2.05, 4.69) is 0 Å². The Morgan fingerprint density at radius 1 is 1.04 bits per heavy atom. The number of aromatic nitrogens is 1. The third kappa shape index (κ3) is 3.02. The summed E-state index contributed by atoms with van der Waals surface area (Å²) in [5.41, 5.74) is 5.92. The molecule has 1 heterocycles. The van der Waals surface area contributed by atoms with Gasteiger partial charge in [-0.05, 0) is 55.4 Å². The van der Waals surface area contributed by atoms with Crippen molar-refractivity contribution in [3.8, 4) is 0 Å². The first-order chi connectivity index (χ1) is 12.2. The summed E-state index contributed by atoms with van der Waals surface area (Å²) in [4.78, 5) is 17.7. The number of ether oxygens (including phenoxy) is 1. The van der Waals surface area contributed by atoms with Crippen LogP contribution in [0.25, 0.3) is 10.9 Å². The number of para-hydroxylation sites is 1. The minimum Gasteiger partial charge on any atom is -0.457 e. The van der Waals surface area contributed by atoms with Crippen molar-refractivity contribution in [2.24, 2.45) is 0 Å². The van der Waals surface area contributed by atoms with Crippen LogP contribution in [0.3, 0.4) is 0 Å². The number of hydrogen-bond acceptors (Lipinski definition) is 3. The fraction of sp³-hybridized carbons (Fsp3) is 0.273. The van der Waals surface area contributed by atoms with E-state index in [4.69, 9.17) is 9.72 Å². The lowest BCUT2D eigenvalue weighted by Crippen LogP contribution is -2.15. The molecule has 1 aliphatic carbocycles. The topological polar surface area (TPSA) is 39.2 Å². The van der Waals surface area contributed by atoms with Gasteiger partial charge in [0.1, 0.15) is 6.61 Å². The molecule has 1 aliphatic rings. The van der Waals surface area contributed by atoms with Crippen molar-refractivity contribution in [3.63, 3.8) is 0 Å². The van der Waals surface area contributed by atoms with E-state index < -0.39 is 0 Å². The molecule has 0 amide bonds. The largest absolute Gasteiger partial charge is 0.457 e. The molecule has 126 valence electrons. The molecule has 0 fully saturated rings. The highest BCUT2D eigenvalue weighted by atomic mass is 16.5. The fourth-order valence-corrected chi connectivity index (χ4v) is 3.59. The lowest BCUT2D eigenvalue weighted by molar-refractivity contribution is 0.0472. The molecular weight excluding hydrogens is 310 g/mol. The number of carbonyl (C=O) groups excluding carboxylic acids is 1. The van der Waals surface area contributed by atoms with E-state index >= 15 is 0 Å². The first kappa shape index (κ1) is 15.8. The van der Waals surface area contributed by atoms with E-state index in [1.807, 2.05) is 55.5 Å². The molecule has 0 radical (unpaired) electrons. The van der Waals surface area contributed by atoms with E-state index in [-0.39, 0.29) is 5.97 Å². The molecule has 1 aromatic heterocycles. The van der Waals surface area contributed by atoms with E-state index in [1.54, 1.807) is 0 Å². The average Bonchev–Trinajstić information content (AvgIpc) is 2.65. The second kappa shape index (κ2) is 6.67. The molecule has 0 spiro atoms. The maximum Gasteiger partial charge on any atom is 0.339 e. The molecule has 4 rings (SSSR count). The van der Waals surface area contributed by atoms with Gasteiger partial charge in [-0.1, -0.05) is 42.5 Å². The monoisotopic (exact) mass is 331 g/mol. The highest BCUT2D eigenvalue weighted by Gasteiger charge is 2.23. The molecule has 0 N–H and O–H groups in total. The standard InChI is InChI=1S/C22H21NO2/c1-15-8-2-3-9-16(15)14-25-22(24)21-17-10-4-6-12-19(17)23-20-13-7-5-11-18(20)21/h2-4,6,8-10,12H,5,7,11,13-14H2,1H3. The van der Waals surface area contributed by atoms with Crippen molar-refractivity contribution >= 4 is 16.9 Å². The average molecular weight is 331 g/mol. The Morgan fingerprint density at radius 3 is 2.68 bits per heavy atom. The zero-order valence-electron chi connectivity index (χ0n) is 14.4. The molecule has 0 saturated heterocycles. The van der Waals surface area contributed by atoms with Crippen molar-refractivity contribution in [1.29, 1.82) is 0 Å². The van der Waals surface area contributed by atoms with Gasteiger partial charge >= 0.3 is 5.97 Å². The quantitative estimate of drug-likeness (QED) is 0.648. The van der Waals surface area contributed by atoms with Gasteiger partial charge in [0.15, 0.2) is 0 Å². The first-order valence-electron chi connectivity index (χ1n) is 8.86. The normalized spacial score (nSPS) is 13.5. The summed E-state index contributed by atoms with van der Waals surface area (Å²) in [6.07, 6.45) is 4.08. The minimum absolute atomic E-state index is 0.236. The maximum atomic E-state index is 13.0. The number of aryl methyl sites for hydroxylation is 2. The van der Waals surface area contributed by atoms with E-state index in [0.717, 1.165) is 59.0 Å². The smallest absolute Gasteiger partial charge is 0.339 e. The predicted octanol–water partition coefficient (Wildman–Crippen LogP) is 4.78. The van der Waals surface area contributed by atoms with Gasteiger partial charge in [0.2, 0.25) is 0 Å². The lowest BCUT2D eigenvalue weighted by Gasteiger charge is -2.20. The number of fused-ring (bicyclic) bond motifs is 2. The van der Waals surface area contributed by atoms with Crippen LogP contribution in [0.15, 0.2) is 48.5 Å². The Balaban J connectivity index is 1.72. The Morgan fingerprint density at radius 2 is 1.80 bits per heavy atom. The van der Waals surface area contributed by atoms with E-state index in [1.165, 1.54) is 0 Å². The van der Waals surface area contributed by atoms with Crippen molar-refractivity contribution in [2.45, 2.75) is 39.2 Å². The van der Waals surface area contributed by atoms with Crippen LogP contribution >= 0.6 is 0 Å². The van der Waals surface area contributed by atoms with Gasteiger partial charge in [0, 0.05) is 11.1 Å². The van der Waals surface area contributed by atoms with Crippen LogP contribution in [0.4, 0.5) is 0 Å². The Hall–Kier alpha value is -2.68. The van der Waals surface area contributed by atoms with Crippen molar-refractivity contribution in [2.75, 3.05) is 0 Å². The number of hydrogen-bond donors (Lipinski definition) is 0. The fourth-order valence-electron chi connectivity index (χ4n) is 3.59. The predicted molar refractivity (Wildman–Crippen MR) is 98.7 cm³/mol. The second-order valence-corrected chi connectivity index (χ2v) is 6.64. The highest BCUT2D eigenvalue weighted by molar-refractivity contribution is 6.05. The van der Waals surface area contributed by atoms with E-state index in [9.17, 15) is 4.79 Å². The summed E-state index contributed by atoms with van der Waals surface area (Å²) in [6, 6.07) is 15.9. The number of pyridine rings is 1. The molecule has 0 saturated carbocycles. The summed E-state index contributed by atoms with van der Waals surface area (Å²) >= 11 is 0. The van der Waals surface area contributed by atoms with Gasteiger partial charge in [0.05, 0.1) is 11.1 Å². The van der Waals surface area contributed by atoms with Crippen LogP contribution in [-0.4, -0.2) is 11.0 Å². The van der Waals surface area contributed by atoms with Crippen LogP contribution in [0.2, 0.25) is 0 Å². The van der Waals surface area contributed by atoms with Crippen molar-refractivity contribution < 1.29 is 9.53 Å². The summed E-state index contributed by atoms with van der Waals surface area (Å²) in [7, 11) is 0. The molecule has 0 atom stereocenters. The molecule has 0 aliphatic heterocycles. The van der Waals surface area contributed by atoms with Gasteiger partial charge in [-0.15, -0.1) is 0 Å². The molecule has 3 heteroatoms. The van der Waals surface area contributed by atoms with Gasteiger partial charge in [-0.3, -0.25) is 4.98 Å². The van der Waals surface area contributed by atoms with Crippen LogP contribution < -0.4 is 0 Å².